The molecule has 3 rings (SSSR count). The average Bonchev–Trinajstić information content (AvgIpc) is 2.74. The second kappa shape index (κ2) is 7.97. The number of hydrogen-bond acceptors (Lipinski definition) is 3. The summed E-state index contributed by atoms with van der Waals surface area (Å²) in [5.41, 5.74) is 2.95. The summed E-state index contributed by atoms with van der Waals surface area (Å²) in [6.07, 6.45) is 6.07. The number of nitrogens with zero attached hydrogens (tertiary/aromatic N) is 1. The van der Waals surface area contributed by atoms with Crippen LogP contribution in [0.5, 0.6) is 0 Å². The summed E-state index contributed by atoms with van der Waals surface area (Å²) < 4.78 is 9.55. The molecule has 0 spiro atoms. The van der Waals surface area contributed by atoms with E-state index in [0.717, 1.165) is 59.9 Å². The lowest BCUT2D eigenvalue weighted by molar-refractivity contribution is -0.107. The molecule has 4 heteroatoms. The van der Waals surface area contributed by atoms with Crippen molar-refractivity contribution in [2.75, 3.05) is 0 Å². The third kappa shape index (κ3) is 4.02. The van der Waals surface area contributed by atoms with Crippen molar-refractivity contribution in [2.45, 2.75) is 38.6 Å². The van der Waals surface area contributed by atoms with Gasteiger partial charge in [-0.3, -0.25) is 3.96 Å². The quantitative estimate of drug-likeness (QED) is 0.411. The van der Waals surface area contributed by atoms with Gasteiger partial charge in [0.1, 0.15) is 11.9 Å². The zero-order valence-corrected chi connectivity index (χ0v) is 13.9. The minimum Gasteiger partial charge on any atom is -0.454 e. The first-order valence-electron chi connectivity index (χ1n) is 8.13. The smallest absolute Gasteiger partial charge is 0.151 e. The van der Waals surface area contributed by atoms with Gasteiger partial charge in [0.25, 0.3) is 0 Å². The van der Waals surface area contributed by atoms with Crippen molar-refractivity contribution in [3.63, 3.8) is 0 Å². The van der Waals surface area contributed by atoms with E-state index in [-0.39, 0.29) is 0 Å². The first-order chi connectivity index (χ1) is 11.4. The number of para-hydroxylation sites is 3. The summed E-state index contributed by atoms with van der Waals surface area (Å²) in [6, 6.07) is 16.4. The van der Waals surface area contributed by atoms with E-state index in [1.54, 1.807) is 11.5 Å². The minimum absolute atomic E-state index is 0.683. The Balaban J connectivity index is 1.89. The van der Waals surface area contributed by atoms with Gasteiger partial charge >= 0.3 is 0 Å². The van der Waals surface area contributed by atoms with Crippen LogP contribution >= 0.6 is 11.5 Å². The number of benzene rings is 2. The minimum atomic E-state index is 0.683. The van der Waals surface area contributed by atoms with Crippen LogP contribution in [0.15, 0.2) is 52.9 Å². The number of unbranched alkanes of at least 4 members (excludes halogenated alkanes) is 4. The maximum atomic E-state index is 10.4. The van der Waals surface area contributed by atoms with Crippen molar-refractivity contribution in [3.05, 3.63) is 48.5 Å². The maximum Gasteiger partial charge on any atom is 0.151 e. The number of rotatable bonds is 7. The Hall–Kier alpha value is -2.07. The number of aryl methyl sites for hydroxylation is 1. The molecule has 0 N–H and O–H groups in total. The van der Waals surface area contributed by atoms with E-state index in [2.05, 4.69) is 22.2 Å². The number of hydrogen-bond donors (Lipinski definition) is 0. The Bertz CT molecular complexity index is 826. The molecule has 0 saturated heterocycles. The van der Waals surface area contributed by atoms with Gasteiger partial charge in [-0.25, -0.2) is 0 Å². The van der Waals surface area contributed by atoms with Crippen LogP contribution < -0.4 is 0 Å². The molecule has 0 aliphatic rings. The average molecular weight is 327 g/mol. The summed E-state index contributed by atoms with van der Waals surface area (Å²) in [4.78, 5) is 10.4. The van der Waals surface area contributed by atoms with E-state index in [4.69, 9.17) is 4.42 Å². The van der Waals surface area contributed by atoms with E-state index in [1.165, 1.54) is 0 Å². The largest absolute Gasteiger partial charge is 0.454 e. The van der Waals surface area contributed by atoms with Crippen LogP contribution in [0, 0.1) is 0 Å². The number of carbonyl (C=O) groups excluding carboxylic acids is 1. The molecule has 0 unspecified atom stereocenters. The molecule has 3 nitrogen and oxygen atoms in total. The number of carbonyl (C=O) groups is 1. The van der Waals surface area contributed by atoms with Crippen LogP contribution in [-0.4, -0.2) is 10.2 Å². The summed E-state index contributed by atoms with van der Waals surface area (Å²) in [6.45, 7) is 0.973. The first kappa shape index (κ1) is 15.8. The fraction of sp³-hybridized carbons (Fsp3) is 0.316. The third-order valence-corrected chi connectivity index (χ3v) is 4.98. The molecule has 3 aromatic rings. The zero-order valence-electron chi connectivity index (χ0n) is 13.1. The second-order valence-electron chi connectivity index (χ2n) is 5.58. The van der Waals surface area contributed by atoms with Gasteiger partial charge in [0, 0.05) is 13.0 Å². The molecule has 23 heavy (non-hydrogen) atoms. The highest BCUT2D eigenvalue weighted by molar-refractivity contribution is 7.13. The lowest BCUT2D eigenvalue weighted by Crippen LogP contribution is -1.95. The summed E-state index contributed by atoms with van der Waals surface area (Å²) in [5.74, 6) is 0. The van der Waals surface area contributed by atoms with Crippen molar-refractivity contribution < 1.29 is 9.21 Å². The van der Waals surface area contributed by atoms with Gasteiger partial charge in [0.05, 0.1) is 10.2 Å². The van der Waals surface area contributed by atoms with Crippen molar-refractivity contribution in [1.29, 1.82) is 0 Å². The van der Waals surface area contributed by atoms with Gasteiger partial charge in [-0.05, 0) is 37.1 Å². The van der Waals surface area contributed by atoms with Crippen molar-refractivity contribution in [1.82, 2.24) is 3.96 Å². The van der Waals surface area contributed by atoms with E-state index < -0.39 is 0 Å². The lowest BCUT2D eigenvalue weighted by Gasteiger charge is -2.06. The molecule has 2 aromatic carbocycles. The SMILES string of the molecule is O=CCCCCCCn1sc2ccccc2oc2ccccc21. The molecule has 0 fully saturated rings. The van der Waals surface area contributed by atoms with Crippen LogP contribution in [0.2, 0.25) is 0 Å². The van der Waals surface area contributed by atoms with Gasteiger partial charge in [-0.15, -0.1) is 0 Å². The topological polar surface area (TPSA) is 35.1 Å². The van der Waals surface area contributed by atoms with E-state index in [1.807, 2.05) is 30.3 Å². The Labute approximate surface area is 140 Å². The molecule has 0 radical (unpaired) electrons. The van der Waals surface area contributed by atoms with Crippen molar-refractivity contribution in [3.8, 4) is 0 Å². The van der Waals surface area contributed by atoms with Gasteiger partial charge < -0.3 is 9.21 Å². The molecule has 0 bridgehead atoms. The highest BCUT2D eigenvalue weighted by atomic mass is 32.1. The van der Waals surface area contributed by atoms with Crippen molar-refractivity contribution in [2.24, 2.45) is 0 Å². The molecule has 120 valence electrons. The second-order valence-corrected chi connectivity index (χ2v) is 6.64. The predicted octanol–water partition coefficient (Wildman–Crippen LogP) is 5.72. The van der Waals surface area contributed by atoms with Crippen LogP contribution in [0.4, 0.5) is 0 Å². The normalized spacial score (nSPS) is 11.0. The Morgan fingerprint density at radius 2 is 1.65 bits per heavy atom. The molecule has 0 amide bonds. The molecular weight excluding hydrogens is 306 g/mol. The number of aldehydes is 1. The summed E-state index contributed by atoms with van der Waals surface area (Å²) in [5, 5.41) is 0. The molecule has 0 aliphatic heterocycles. The Morgan fingerprint density at radius 1 is 0.913 bits per heavy atom. The van der Waals surface area contributed by atoms with Crippen molar-refractivity contribution >= 4 is 39.2 Å². The summed E-state index contributed by atoms with van der Waals surface area (Å²) in [7, 11) is 0. The third-order valence-electron chi connectivity index (χ3n) is 3.84. The standard InChI is InChI=1S/C19H21NO2S/c21-15-9-3-1-2-8-14-20-16-10-4-5-11-17(16)22-18-12-6-7-13-19(18)23-20/h4-7,10-13,15H,1-3,8-9,14H2. The zero-order chi connectivity index (χ0) is 15.9. The molecule has 0 atom stereocenters. The Kier molecular flexibility index (Phi) is 5.48. The van der Waals surface area contributed by atoms with Crippen LogP contribution in [-0.2, 0) is 11.3 Å². The molecule has 1 heterocycles. The van der Waals surface area contributed by atoms with E-state index in [9.17, 15) is 4.79 Å². The molecular formula is C19H21NO2S. The van der Waals surface area contributed by atoms with Gasteiger partial charge in [-0.2, -0.15) is 0 Å². The fourth-order valence-corrected chi connectivity index (χ4v) is 3.69. The first-order valence-corrected chi connectivity index (χ1v) is 8.91. The monoisotopic (exact) mass is 327 g/mol. The van der Waals surface area contributed by atoms with Crippen LogP contribution in [0.1, 0.15) is 32.1 Å². The van der Waals surface area contributed by atoms with Crippen LogP contribution in [0.3, 0.4) is 0 Å². The van der Waals surface area contributed by atoms with E-state index in [0.29, 0.717) is 6.42 Å². The van der Waals surface area contributed by atoms with E-state index >= 15 is 0 Å². The van der Waals surface area contributed by atoms with Crippen LogP contribution in [0.25, 0.3) is 21.4 Å². The highest BCUT2D eigenvalue weighted by Crippen LogP contribution is 2.24. The number of aromatic nitrogens is 1. The number of fused-ring (bicyclic) bond motifs is 2. The highest BCUT2D eigenvalue weighted by Gasteiger charge is 2.03. The predicted molar refractivity (Wildman–Crippen MR) is 96.4 cm³/mol. The summed E-state index contributed by atoms with van der Waals surface area (Å²) >= 11 is 1.74. The molecule has 0 aliphatic carbocycles. The van der Waals surface area contributed by atoms with Gasteiger partial charge in [0.2, 0.25) is 0 Å². The van der Waals surface area contributed by atoms with Gasteiger partial charge in [0.15, 0.2) is 5.58 Å². The molecule has 1 aromatic heterocycles. The fourth-order valence-electron chi connectivity index (χ4n) is 2.65. The lowest BCUT2D eigenvalue weighted by atomic mass is 10.1. The Morgan fingerprint density at radius 3 is 2.52 bits per heavy atom. The molecule has 0 saturated carbocycles. The van der Waals surface area contributed by atoms with Gasteiger partial charge in [-0.1, -0.05) is 48.6 Å². The maximum absolute atomic E-state index is 10.4.